The maximum atomic E-state index is 12.3. The van der Waals surface area contributed by atoms with Crippen LogP contribution in [0.2, 0.25) is 0 Å². The molecule has 3 unspecified atom stereocenters. The first kappa shape index (κ1) is 18.0. The second kappa shape index (κ2) is 7.51. The highest BCUT2D eigenvalue weighted by Crippen LogP contribution is 2.38. The maximum absolute atomic E-state index is 12.3. The minimum Gasteiger partial charge on any atom is -0.487 e. The van der Waals surface area contributed by atoms with E-state index in [1.54, 1.807) is 0 Å². The zero-order chi connectivity index (χ0) is 15.7. The van der Waals surface area contributed by atoms with Crippen molar-refractivity contribution in [1.29, 1.82) is 0 Å². The zero-order valence-corrected chi connectivity index (χ0v) is 14.3. The number of fused-ring (bicyclic) bond motifs is 1. The summed E-state index contributed by atoms with van der Waals surface area (Å²) in [6.45, 7) is 4.59. The second-order valence-electron chi connectivity index (χ2n) is 6.27. The Morgan fingerprint density at radius 3 is 2.78 bits per heavy atom. The third-order valence-electron chi connectivity index (χ3n) is 4.69. The predicted molar refractivity (Wildman–Crippen MR) is 91.1 cm³/mol. The van der Waals surface area contributed by atoms with E-state index in [1.807, 2.05) is 25.1 Å². The lowest BCUT2D eigenvalue weighted by molar-refractivity contribution is -0.133. The fourth-order valence-electron chi connectivity index (χ4n) is 3.40. The monoisotopic (exact) mass is 340 g/mol. The van der Waals surface area contributed by atoms with Crippen molar-refractivity contribution in [3.05, 3.63) is 29.8 Å². The Bertz CT molecular complexity index is 554. The third kappa shape index (κ3) is 3.62. The summed E-state index contributed by atoms with van der Waals surface area (Å²) in [5.41, 5.74) is 6.79. The second-order valence-corrected chi connectivity index (χ2v) is 6.27. The molecule has 1 fully saturated rings. The molecule has 5 atom stereocenters. The lowest BCUT2D eigenvalue weighted by Crippen LogP contribution is -2.48. The van der Waals surface area contributed by atoms with Gasteiger partial charge in [0.25, 0.3) is 0 Å². The molecular formula is C17H25ClN2O3. The van der Waals surface area contributed by atoms with E-state index in [0.29, 0.717) is 6.54 Å². The summed E-state index contributed by atoms with van der Waals surface area (Å²) < 4.78 is 11.7. The van der Waals surface area contributed by atoms with Crippen LogP contribution in [0, 0.1) is 0 Å². The number of rotatable bonds is 4. The van der Waals surface area contributed by atoms with Crippen LogP contribution in [0.15, 0.2) is 24.3 Å². The summed E-state index contributed by atoms with van der Waals surface area (Å²) in [6.07, 6.45) is 1.17. The summed E-state index contributed by atoms with van der Waals surface area (Å²) in [4.78, 5) is 12.3. The van der Waals surface area contributed by atoms with Gasteiger partial charge in [-0.05, 0) is 25.8 Å². The Balaban J connectivity index is 0.00000192. The van der Waals surface area contributed by atoms with E-state index in [-0.39, 0.29) is 48.6 Å². The SMILES string of the molecule is CC(NC(=O)[C@@H]1CC[C@H](CN)O1)C1Oc2ccccc2C1C.Cl. The number of para-hydroxylation sites is 1. The van der Waals surface area contributed by atoms with Gasteiger partial charge in [0.2, 0.25) is 5.91 Å². The number of hydrogen-bond donors (Lipinski definition) is 2. The molecule has 0 spiro atoms. The molecule has 3 N–H and O–H groups in total. The minimum atomic E-state index is -0.380. The standard InChI is InChI=1S/C17H24N2O3.ClH/c1-10-13-5-3-4-6-14(13)22-16(10)11(2)19-17(20)15-8-7-12(9-18)21-15;/h3-6,10-12,15-16H,7-9,18H2,1-2H3,(H,19,20);1H/t10?,11?,12-,15+,16?;/m1./s1. The van der Waals surface area contributed by atoms with Crippen molar-refractivity contribution in [2.24, 2.45) is 5.73 Å². The van der Waals surface area contributed by atoms with E-state index in [1.165, 1.54) is 5.56 Å². The normalized spacial score (nSPS) is 30.0. The van der Waals surface area contributed by atoms with Crippen LogP contribution in [-0.2, 0) is 9.53 Å². The van der Waals surface area contributed by atoms with Crippen LogP contribution in [0.4, 0.5) is 0 Å². The van der Waals surface area contributed by atoms with E-state index in [4.69, 9.17) is 15.2 Å². The fraction of sp³-hybridized carbons (Fsp3) is 0.588. The highest BCUT2D eigenvalue weighted by atomic mass is 35.5. The largest absolute Gasteiger partial charge is 0.487 e. The van der Waals surface area contributed by atoms with Gasteiger partial charge in [-0.15, -0.1) is 12.4 Å². The van der Waals surface area contributed by atoms with Crippen LogP contribution in [0.1, 0.15) is 38.2 Å². The predicted octanol–water partition coefficient (Wildman–Crippen LogP) is 1.98. The van der Waals surface area contributed by atoms with Gasteiger partial charge in [0, 0.05) is 18.0 Å². The topological polar surface area (TPSA) is 73.6 Å². The first-order chi connectivity index (χ1) is 10.6. The molecule has 1 saturated heterocycles. The smallest absolute Gasteiger partial charge is 0.249 e. The van der Waals surface area contributed by atoms with Crippen LogP contribution >= 0.6 is 12.4 Å². The van der Waals surface area contributed by atoms with Crippen LogP contribution in [0.25, 0.3) is 0 Å². The Morgan fingerprint density at radius 1 is 1.39 bits per heavy atom. The van der Waals surface area contributed by atoms with Gasteiger partial charge in [0.05, 0.1) is 12.1 Å². The summed E-state index contributed by atoms with van der Waals surface area (Å²) in [5.74, 6) is 1.12. The highest BCUT2D eigenvalue weighted by molar-refractivity contribution is 5.85. The minimum absolute atomic E-state index is 0. The lowest BCUT2D eigenvalue weighted by Gasteiger charge is -2.25. The Morgan fingerprint density at radius 2 is 2.13 bits per heavy atom. The molecule has 0 saturated carbocycles. The molecule has 0 radical (unpaired) electrons. The van der Waals surface area contributed by atoms with Crippen LogP contribution in [0.3, 0.4) is 0 Å². The van der Waals surface area contributed by atoms with E-state index in [0.717, 1.165) is 18.6 Å². The number of amides is 1. The molecule has 2 aliphatic rings. The molecule has 1 aromatic rings. The number of hydrogen-bond acceptors (Lipinski definition) is 4. The Kier molecular flexibility index (Phi) is 5.89. The van der Waals surface area contributed by atoms with Gasteiger partial charge < -0.3 is 20.5 Å². The Labute approximate surface area is 143 Å². The average Bonchev–Trinajstić information content (AvgIpc) is 3.12. The molecule has 3 rings (SSSR count). The number of halogens is 1. The highest BCUT2D eigenvalue weighted by Gasteiger charge is 2.37. The van der Waals surface area contributed by atoms with Crippen LogP contribution in [-0.4, -0.2) is 36.8 Å². The fourth-order valence-corrected chi connectivity index (χ4v) is 3.40. The molecule has 0 aromatic heterocycles. The van der Waals surface area contributed by atoms with Gasteiger partial charge in [0.1, 0.15) is 18.0 Å². The van der Waals surface area contributed by atoms with Crippen LogP contribution < -0.4 is 15.8 Å². The number of carbonyl (C=O) groups excluding carboxylic acids is 1. The van der Waals surface area contributed by atoms with Crippen molar-refractivity contribution >= 4 is 18.3 Å². The number of benzene rings is 1. The Hall–Kier alpha value is -1.30. The molecule has 23 heavy (non-hydrogen) atoms. The molecule has 128 valence electrons. The van der Waals surface area contributed by atoms with Gasteiger partial charge >= 0.3 is 0 Å². The summed E-state index contributed by atoms with van der Waals surface area (Å²) in [6, 6.07) is 7.97. The van der Waals surface area contributed by atoms with Crippen molar-refractivity contribution < 1.29 is 14.3 Å². The van der Waals surface area contributed by atoms with Gasteiger partial charge in [-0.3, -0.25) is 4.79 Å². The van der Waals surface area contributed by atoms with E-state index in [2.05, 4.69) is 18.3 Å². The van der Waals surface area contributed by atoms with Gasteiger partial charge in [-0.2, -0.15) is 0 Å². The molecule has 1 aromatic carbocycles. The summed E-state index contributed by atoms with van der Waals surface area (Å²) in [5, 5.41) is 3.04. The van der Waals surface area contributed by atoms with Gasteiger partial charge in [0.15, 0.2) is 0 Å². The molecule has 0 aliphatic carbocycles. The van der Waals surface area contributed by atoms with Crippen molar-refractivity contribution in [1.82, 2.24) is 5.32 Å². The van der Waals surface area contributed by atoms with Crippen molar-refractivity contribution in [3.63, 3.8) is 0 Å². The molecule has 2 heterocycles. The van der Waals surface area contributed by atoms with E-state index in [9.17, 15) is 4.79 Å². The number of nitrogens with two attached hydrogens (primary N) is 1. The first-order valence-corrected chi connectivity index (χ1v) is 8.01. The van der Waals surface area contributed by atoms with Gasteiger partial charge in [-0.1, -0.05) is 25.1 Å². The molecule has 0 bridgehead atoms. The van der Waals surface area contributed by atoms with Crippen molar-refractivity contribution in [2.45, 2.75) is 57.0 Å². The molecule has 6 heteroatoms. The number of carbonyl (C=O) groups is 1. The van der Waals surface area contributed by atoms with E-state index < -0.39 is 0 Å². The molecule has 2 aliphatic heterocycles. The third-order valence-corrected chi connectivity index (χ3v) is 4.69. The maximum Gasteiger partial charge on any atom is 0.249 e. The van der Waals surface area contributed by atoms with Gasteiger partial charge in [-0.25, -0.2) is 0 Å². The van der Waals surface area contributed by atoms with Crippen LogP contribution in [0.5, 0.6) is 5.75 Å². The van der Waals surface area contributed by atoms with Crippen molar-refractivity contribution in [3.8, 4) is 5.75 Å². The first-order valence-electron chi connectivity index (χ1n) is 8.01. The number of ether oxygens (including phenoxy) is 2. The average molecular weight is 341 g/mol. The zero-order valence-electron chi connectivity index (χ0n) is 13.5. The molecule has 5 nitrogen and oxygen atoms in total. The molecular weight excluding hydrogens is 316 g/mol. The van der Waals surface area contributed by atoms with Crippen molar-refractivity contribution in [2.75, 3.05) is 6.54 Å². The lowest BCUT2D eigenvalue weighted by atomic mass is 9.93. The quantitative estimate of drug-likeness (QED) is 0.879. The molecule has 1 amide bonds. The summed E-state index contributed by atoms with van der Waals surface area (Å²) in [7, 11) is 0. The summed E-state index contributed by atoms with van der Waals surface area (Å²) >= 11 is 0. The number of nitrogens with one attached hydrogen (secondary N) is 1. The van der Waals surface area contributed by atoms with E-state index >= 15 is 0 Å².